The number of pyridine rings is 1. The number of nitrogens with zero attached hydrogens (tertiary/aromatic N) is 4. The van der Waals surface area contributed by atoms with E-state index in [9.17, 15) is 23.1 Å². The lowest BCUT2D eigenvalue weighted by Gasteiger charge is -2.28. The van der Waals surface area contributed by atoms with Crippen molar-refractivity contribution < 1.29 is 27.9 Å². The molecule has 1 aliphatic rings. The first-order valence-corrected chi connectivity index (χ1v) is 12.9. The number of azo groups is 1. The van der Waals surface area contributed by atoms with Gasteiger partial charge >= 0.3 is 0 Å². The highest BCUT2D eigenvalue weighted by Crippen LogP contribution is 2.27. The van der Waals surface area contributed by atoms with E-state index in [2.05, 4.69) is 25.4 Å². The standard InChI is InChI=1S/C26H20N6O6S/c33-22-13-10-18(15-21(22)25(34)30-32-16-38-23-6-2-1-5-20(23)26(32)35)29-28-17-8-11-19(12-9-17)39(36,37)31-24-7-3-4-14-27-24/h1-15,33H,16H2,(H,27,31)(H,30,34). The second-order valence-electron chi connectivity index (χ2n) is 8.16. The van der Waals surface area contributed by atoms with E-state index in [-0.39, 0.29) is 34.4 Å². The van der Waals surface area contributed by atoms with Gasteiger partial charge in [-0.2, -0.15) is 10.2 Å². The topological polar surface area (TPSA) is 163 Å². The molecule has 0 saturated heterocycles. The highest BCUT2D eigenvalue weighted by Gasteiger charge is 2.27. The number of carbonyl (C=O) groups is 2. The average molecular weight is 545 g/mol. The van der Waals surface area contributed by atoms with Crippen LogP contribution < -0.4 is 14.9 Å². The first-order valence-electron chi connectivity index (χ1n) is 11.4. The molecule has 1 aromatic heterocycles. The number of phenolic OH excluding ortho intramolecular Hbond substituents is 1. The number of phenols is 1. The molecule has 196 valence electrons. The smallest absolute Gasteiger partial charge is 0.279 e. The zero-order valence-corrected chi connectivity index (χ0v) is 20.9. The summed E-state index contributed by atoms with van der Waals surface area (Å²) in [6, 6.07) is 21.2. The van der Waals surface area contributed by atoms with Crippen molar-refractivity contribution in [3.05, 3.63) is 102 Å². The summed E-state index contributed by atoms with van der Waals surface area (Å²) >= 11 is 0. The summed E-state index contributed by atoms with van der Waals surface area (Å²) in [4.78, 5) is 29.4. The molecule has 0 spiro atoms. The maximum Gasteiger partial charge on any atom is 0.279 e. The first-order chi connectivity index (χ1) is 18.8. The minimum Gasteiger partial charge on any atom is -0.507 e. The number of ether oxygens (including phenoxy) is 1. The van der Waals surface area contributed by atoms with Crippen LogP contribution in [0, 0.1) is 0 Å². The number of sulfonamides is 1. The molecule has 5 rings (SSSR count). The van der Waals surface area contributed by atoms with Gasteiger partial charge in [-0.25, -0.2) is 18.4 Å². The Balaban J connectivity index is 1.27. The molecule has 0 aliphatic carbocycles. The van der Waals surface area contributed by atoms with Crippen molar-refractivity contribution >= 4 is 39.0 Å². The molecule has 0 saturated carbocycles. The van der Waals surface area contributed by atoms with Crippen molar-refractivity contribution in [3.63, 3.8) is 0 Å². The SMILES string of the molecule is O=C(NN1COc2ccccc2C1=O)c1cc(N=Nc2ccc(S(=O)(=O)Nc3ccccn3)cc2)ccc1O. The monoisotopic (exact) mass is 544 g/mol. The van der Waals surface area contributed by atoms with Crippen molar-refractivity contribution in [1.82, 2.24) is 15.4 Å². The van der Waals surface area contributed by atoms with Crippen molar-refractivity contribution in [2.75, 3.05) is 11.5 Å². The van der Waals surface area contributed by atoms with Gasteiger partial charge in [-0.05, 0) is 66.7 Å². The van der Waals surface area contributed by atoms with Gasteiger partial charge in [-0.1, -0.05) is 18.2 Å². The highest BCUT2D eigenvalue weighted by molar-refractivity contribution is 7.92. The average Bonchev–Trinajstić information content (AvgIpc) is 2.95. The molecule has 4 aromatic rings. The number of aromatic hydroxyl groups is 1. The van der Waals surface area contributed by atoms with E-state index in [0.29, 0.717) is 17.0 Å². The van der Waals surface area contributed by atoms with E-state index in [0.717, 1.165) is 5.01 Å². The van der Waals surface area contributed by atoms with E-state index < -0.39 is 21.8 Å². The lowest BCUT2D eigenvalue weighted by Crippen LogP contribution is -2.50. The Morgan fingerprint density at radius 2 is 1.67 bits per heavy atom. The first kappa shape index (κ1) is 25.4. The molecule has 1 aliphatic heterocycles. The second kappa shape index (κ2) is 10.6. The fourth-order valence-electron chi connectivity index (χ4n) is 3.57. The zero-order chi connectivity index (χ0) is 27.4. The third-order valence-corrected chi connectivity index (χ3v) is 6.88. The van der Waals surface area contributed by atoms with Crippen molar-refractivity contribution in [2.45, 2.75) is 4.90 Å². The summed E-state index contributed by atoms with van der Waals surface area (Å²) in [6.45, 7) is -0.204. The number of hydrogen-bond acceptors (Lipinski definition) is 9. The molecule has 12 nitrogen and oxygen atoms in total. The van der Waals surface area contributed by atoms with Crippen LogP contribution >= 0.6 is 0 Å². The molecule has 0 unspecified atom stereocenters. The number of carbonyl (C=O) groups excluding carboxylic acids is 2. The molecule has 0 bridgehead atoms. The Morgan fingerprint density at radius 3 is 2.44 bits per heavy atom. The van der Waals surface area contributed by atoms with Gasteiger partial charge in [0.15, 0.2) is 6.73 Å². The number of hydrazine groups is 1. The number of amides is 2. The molecule has 2 amide bonds. The van der Waals surface area contributed by atoms with Gasteiger partial charge in [0.2, 0.25) is 0 Å². The Morgan fingerprint density at radius 1 is 0.949 bits per heavy atom. The van der Waals surface area contributed by atoms with E-state index >= 15 is 0 Å². The molecule has 3 N–H and O–H groups in total. The largest absolute Gasteiger partial charge is 0.507 e. The molecular formula is C26H20N6O6S. The van der Waals surface area contributed by atoms with E-state index in [1.807, 2.05) is 0 Å². The van der Waals surface area contributed by atoms with Crippen molar-refractivity contribution in [3.8, 4) is 11.5 Å². The predicted molar refractivity (Wildman–Crippen MR) is 139 cm³/mol. The summed E-state index contributed by atoms with van der Waals surface area (Å²) < 4.78 is 33.0. The Bertz CT molecular complexity index is 1680. The van der Waals surface area contributed by atoms with Crippen molar-refractivity contribution in [2.24, 2.45) is 10.2 Å². The number of fused-ring (bicyclic) bond motifs is 1. The fraction of sp³-hybridized carbons (Fsp3) is 0.0385. The van der Waals surface area contributed by atoms with Crippen LogP contribution in [-0.2, 0) is 10.0 Å². The van der Waals surface area contributed by atoms with E-state index in [4.69, 9.17) is 4.74 Å². The zero-order valence-electron chi connectivity index (χ0n) is 20.1. The molecule has 3 aromatic carbocycles. The van der Waals surface area contributed by atoms with Crippen LogP contribution in [-0.4, -0.2) is 42.1 Å². The predicted octanol–water partition coefficient (Wildman–Crippen LogP) is 4.14. The lowest BCUT2D eigenvalue weighted by molar-refractivity contribution is 0.0318. The van der Waals surface area contributed by atoms with Crippen LogP contribution in [0.25, 0.3) is 0 Å². The highest BCUT2D eigenvalue weighted by atomic mass is 32.2. The summed E-state index contributed by atoms with van der Waals surface area (Å²) in [5, 5.41) is 19.3. The summed E-state index contributed by atoms with van der Waals surface area (Å²) in [5.74, 6) is -0.937. The second-order valence-corrected chi connectivity index (χ2v) is 9.84. The van der Waals surface area contributed by atoms with Crippen LogP contribution in [0.1, 0.15) is 20.7 Å². The normalized spacial score (nSPS) is 13.0. The van der Waals surface area contributed by atoms with Gasteiger partial charge in [0.25, 0.3) is 21.8 Å². The third kappa shape index (κ3) is 5.67. The number of para-hydroxylation sites is 1. The molecule has 13 heteroatoms. The van der Waals surface area contributed by atoms with Gasteiger partial charge in [-0.3, -0.25) is 19.7 Å². The van der Waals surface area contributed by atoms with Gasteiger partial charge < -0.3 is 9.84 Å². The van der Waals surface area contributed by atoms with Gasteiger partial charge in [0, 0.05) is 6.20 Å². The number of aromatic nitrogens is 1. The van der Waals surface area contributed by atoms with Crippen LogP contribution in [0.4, 0.5) is 17.2 Å². The molecule has 2 heterocycles. The minimum atomic E-state index is -3.84. The number of hydrogen-bond donors (Lipinski definition) is 3. The Hall–Kier alpha value is -5.30. The minimum absolute atomic E-state index is 0.00885. The number of anilines is 1. The van der Waals surface area contributed by atoms with Gasteiger partial charge in [0.05, 0.1) is 27.4 Å². The van der Waals surface area contributed by atoms with Crippen LogP contribution in [0.15, 0.2) is 106 Å². The summed E-state index contributed by atoms with van der Waals surface area (Å²) in [7, 11) is -3.84. The van der Waals surface area contributed by atoms with Gasteiger partial charge in [0.1, 0.15) is 17.3 Å². The van der Waals surface area contributed by atoms with Gasteiger partial charge in [-0.15, -0.1) is 0 Å². The molecule has 0 fully saturated rings. The van der Waals surface area contributed by atoms with Crippen molar-refractivity contribution in [1.29, 1.82) is 0 Å². The third-order valence-electron chi connectivity index (χ3n) is 5.50. The molecule has 39 heavy (non-hydrogen) atoms. The molecular weight excluding hydrogens is 524 g/mol. The van der Waals surface area contributed by atoms with E-state index in [1.54, 1.807) is 36.4 Å². The number of nitrogens with one attached hydrogen (secondary N) is 2. The maximum atomic E-state index is 12.8. The number of benzene rings is 3. The number of rotatable bonds is 7. The Kier molecular flexibility index (Phi) is 6.89. The maximum absolute atomic E-state index is 12.8. The van der Waals surface area contributed by atoms with E-state index in [1.165, 1.54) is 54.7 Å². The lowest BCUT2D eigenvalue weighted by atomic mass is 10.1. The summed E-state index contributed by atoms with van der Waals surface area (Å²) in [6.07, 6.45) is 1.47. The Labute approximate surface area is 222 Å². The fourth-order valence-corrected chi connectivity index (χ4v) is 4.58. The van der Waals surface area contributed by atoms with Crippen LogP contribution in [0.2, 0.25) is 0 Å². The van der Waals surface area contributed by atoms with Crippen LogP contribution in [0.3, 0.4) is 0 Å². The van der Waals surface area contributed by atoms with Crippen LogP contribution in [0.5, 0.6) is 11.5 Å². The quantitative estimate of drug-likeness (QED) is 0.294. The molecule has 0 atom stereocenters. The summed E-state index contributed by atoms with van der Waals surface area (Å²) in [5.41, 5.74) is 3.16. The molecule has 0 radical (unpaired) electrons.